The monoisotopic (exact) mass is 406 g/mol. The Morgan fingerprint density at radius 1 is 1.00 bits per heavy atom. The summed E-state index contributed by atoms with van der Waals surface area (Å²) in [5.74, 6) is 0. The second-order valence-corrected chi connectivity index (χ2v) is 68.5. The van der Waals surface area contributed by atoms with Crippen LogP contribution in [0.15, 0.2) is 0 Å². The average molecular weight is 403 g/mol. The maximum absolute atomic E-state index is 2.61. The van der Waals surface area contributed by atoms with Crippen LogP contribution in [-0.4, -0.2) is 20.3 Å². The molecule has 0 aliphatic rings. The molecule has 0 saturated heterocycles. The van der Waals surface area contributed by atoms with Crippen molar-refractivity contribution in [1.29, 1.82) is 0 Å². The van der Waals surface area contributed by atoms with Crippen LogP contribution < -0.4 is 0 Å². The molecular formula is H4Ge2I2. The third-order valence-electron chi connectivity index (χ3n) is 0.0714. The molecule has 0 aromatic heterocycles. The van der Waals surface area contributed by atoms with Gasteiger partial charge in [0.15, 0.2) is 0 Å². The number of rotatable bonds is 1. The molecule has 4 heavy (non-hydrogen) atoms. The summed E-state index contributed by atoms with van der Waals surface area (Å²) in [6.07, 6.45) is 0. The van der Waals surface area contributed by atoms with Crippen molar-refractivity contribution in [3.63, 3.8) is 0 Å². The predicted molar refractivity (Wildman–Crippen MR) is 45.1 cm³/mol. The van der Waals surface area contributed by atoms with E-state index in [1.807, 2.05) is 0 Å². The molecule has 0 saturated carbocycles. The fourth-order valence-electron chi connectivity index (χ4n) is 0. The first kappa shape index (κ1) is 6.55. The van der Waals surface area contributed by atoms with Gasteiger partial charge in [-0.15, -0.1) is 0 Å². The average Bonchev–Trinajstić information content (AvgIpc) is 1.37. The van der Waals surface area contributed by atoms with Crippen molar-refractivity contribution in [3.05, 3.63) is 0 Å². The van der Waals surface area contributed by atoms with Crippen LogP contribution >= 0.6 is 40.4 Å². The van der Waals surface area contributed by atoms with Crippen LogP contribution in [-0.2, 0) is 0 Å². The zero-order valence-corrected chi connectivity index (χ0v) is 12.4. The van der Waals surface area contributed by atoms with Crippen molar-refractivity contribution in [2.45, 2.75) is 0 Å². The number of hydrogen-bond donors (Lipinski definition) is 0. The SMILES string of the molecule is [I][GeH2][GeH2][I]. The van der Waals surface area contributed by atoms with Gasteiger partial charge in [-0.05, 0) is 0 Å². The Morgan fingerprint density at radius 2 is 1.25 bits per heavy atom. The molecule has 26 valence electrons. The summed E-state index contributed by atoms with van der Waals surface area (Å²) in [7, 11) is 0.511. The van der Waals surface area contributed by atoms with E-state index in [2.05, 4.69) is 40.4 Å². The molecule has 0 spiro atoms. The van der Waals surface area contributed by atoms with Crippen LogP contribution in [0, 0.1) is 0 Å². The summed E-state index contributed by atoms with van der Waals surface area (Å²) in [6.45, 7) is 0. The molecule has 0 unspecified atom stereocenters. The van der Waals surface area contributed by atoms with E-state index in [1.165, 1.54) is 0 Å². The summed E-state index contributed by atoms with van der Waals surface area (Å²) in [4.78, 5) is 0. The summed E-state index contributed by atoms with van der Waals surface area (Å²) in [6, 6.07) is 0. The quantitative estimate of drug-likeness (QED) is 0.426. The van der Waals surface area contributed by atoms with Crippen LogP contribution in [0.1, 0.15) is 0 Å². The first-order chi connectivity index (χ1) is 1.91. The van der Waals surface area contributed by atoms with Crippen molar-refractivity contribution in [3.8, 4) is 0 Å². The first-order valence-electron chi connectivity index (χ1n) is 1.03. The molecule has 0 atom stereocenters. The summed E-state index contributed by atoms with van der Waals surface area (Å²) < 4.78 is 0. The minimum absolute atomic E-state index is 0.255. The van der Waals surface area contributed by atoms with Crippen LogP contribution in [0.4, 0.5) is 0 Å². The molecule has 0 aromatic carbocycles. The fraction of sp³-hybridized carbons (Fsp3) is 0. The standard InChI is InChI=1S/Ge2H4I2/c3-1-2-4/h1-2H2. The zero-order valence-electron chi connectivity index (χ0n) is 2.17. The molecule has 4 heteroatoms. The van der Waals surface area contributed by atoms with Gasteiger partial charge in [-0.25, -0.2) is 0 Å². The summed E-state index contributed by atoms with van der Waals surface area (Å²) >= 11 is 5.23. The van der Waals surface area contributed by atoms with E-state index in [1.54, 1.807) is 0 Å². The van der Waals surface area contributed by atoms with Crippen LogP contribution in [0.25, 0.3) is 0 Å². The molecule has 0 aliphatic heterocycles. The van der Waals surface area contributed by atoms with Gasteiger partial charge in [0.25, 0.3) is 0 Å². The van der Waals surface area contributed by atoms with E-state index < -0.39 is 0 Å². The normalized spacial score (nSPS) is 13.5. The molecule has 0 amide bonds. The molecule has 0 heterocycles. The molecule has 0 aromatic rings. The van der Waals surface area contributed by atoms with Crippen LogP contribution in [0.2, 0.25) is 0 Å². The predicted octanol–water partition coefficient (Wildman–Crippen LogP) is -0.0610. The van der Waals surface area contributed by atoms with Crippen molar-refractivity contribution >= 4 is 60.7 Å². The van der Waals surface area contributed by atoms with E-state index in [4.69, 9.17) is 0 Å². The van der Waals surface area contributed by atoms with Gasteiger partial charge in [0, 0.05) is 0 Å². The van der Waals surface area contributed by atoms with E-state index in [0.29, 0.717) is 0 Å². The fourth-order valence-corrected chi connectivity index (χ4v) is 0. The second kappa shape index (κ2) is 5.55. The van der Waals surface area contributed by atoms with Gasteiger partial charge >= 0.3 is 60.7 Å². The van der Waals surface area contributed by atoms with E-state index in [0.717, 1.165) is 0 Å². The van der Waals surface area contributed by atoms with Gasteiger partial charge in [-0.1, -0.05) is 0 Å². The molecule has 0 bridgehead atoms. The maximum atomic E-state index is 2.61. The third kappa shape index (κ3) is 4.55. The van der Waals surface area contributed by atoms with Crippen molar-refractivity contribution in [1.82, 2.24) is 0 Å². The van der Waals surface area contributed by atoms with Gasteiger partial charge in [-0.3, -0.25) is 0 Å². The van der Waals surface area contributed by atoms with Crippen molar-refractivity contribution in [2.24, 2.45) is 0 Å². The molecule has 0 radical (unpaired) electrons. The Balaban J connectivity index is 1.97. The number of hydrogen-bond acceptors (Lipinski definition) is 0. The molecule has 0 nitrogen and oxygen atoms in total. The Bertz CT molecular complexity index is 6.00. The van der Waals surface area contributed by atoms with Gasteiger partial charge in [0.2, 0.25) is 0 Å². The van der Waals surface area contributed by atoms with Gasteiger partial charge in [0.1, 0.15) is 0 Å². The van der Waals surface area contributed by atoms with Crippen molar-refractivity contribution in [2.75, 3.05) is 0 Å². The topological polar surface area (TPSA) is 0 Å². The molecule has 0 fully saturated rings. The van der Waals surface area contributed by atoms with Crippen molar-refractivity contribution < 1.29 is 0 Å². The zero-order chi connectivity index (χ0) is 3.41. The van der Waals surface area contributed by atoms with Crippen LogP contribution in [0.5, 0.6) is 0 Å². The second-order valence-electron chi connectivity index (χ2n) is 0.378. The van der Waals surface area contributed by atoms with Gasteiger partial charge < -0.3 is 0 Å². The van der Waals surface area contributed by atoms with Gasteiger partial charge in [0.05, 0.1) is 0 Å². The van der Waals surface area contributed by atoms with Gasteiger partial charge in [-0.2, -0.15) is 0 Å². The first-order valence-corrected chi connectivity index (χ1v) is 32.1. The Labute approximate surface area is 59.4 Å². The number of halogens is 2. The van der Waals surface area contributed by atoms with Crippen LogP contribution in [0.3, 0.4) is 0 Å². The van der Waals surface area contributed by atoms with E-state index >= 15 is 0 Å². The molecule has 0 aliphatic carbocycles. The molecule has 0 N–H and O–H groups in total. The Morgan fingerprint density at radius 3 is 1.25 bits per heavy atom. The van der Waals surface area contributed by atoms with E-state index in [-0.39, 0.29) is 20.3 Å². The third-order valence-corrected chi connectivity index (χ3v) is 86.8. The molecule has 0 rings (SSSR count). The summed E-state index contributed by atoms with van der Waals surface area (Å²) in [5, 5.41) is 0. The molecular weight excluding hydrogens is 399 g/mol. The Hall–Kier alpha value is 2.55. The van der Waals surface area contributed by atoms with E-state index in [9.17, 15) is 0 Å². The summed E-state index contributed by atoms with van der Waals surface area (Å²) in [5.41, 5.74) is 0. The Kier molecular flexibility index (Phi) is 9.08. The minimum atomic E-state index is 0.255.